The highest BCUT2D eigenvalue weighted by atomic mass is 35.5. The molecule has 2 heteroatoms. The predicted molar refractivity (Wildman–Crippen MR) is 71.0 cm³/mol. The molecule has 17 heavy (non-hydrogen) atoms. The van der Waals surface area contributed by atoms with Gasteiger partial charge in [-0.3, -0.25) is 0 Å². The molecule has 1 aromatic carbocycles. The summed E-state index contributed by atoms with van der Waals surface area (Å²) in [7, 11) is 0. The number of halogens is 1. The highest BCUT2D eigenvalue weighted by Crippen LogP contribution is 2.31. The molecule has 0 radical (unpaired) electrons. The maximum Gasteiger partial charge on any atom is 0.101 e. The van der Waals surface area contributed by atoms with E-state index in [1.54, 1.807) is 0 Å². The molecule has 0 bridgehead atoms. The summed E-state index contributed by atoms with van der Waals surface area (Å²) in [4.78, 5) is 0. The van der Waals surface area contributed by atoms with Crippen LogP contribution < -0.4 is 0 Å². The van der Waals surface area contributed by atoms with Crippen LogP contribution in [0.5, 0.6) is 0 Å². The van der Waals surface area contributed by atoms with E-state index < -0.39 is 0 Å². The van der Waals surface area contributed by atoms with Gasteiger partial charge in [-0.15, -0.1) is 0 Å². The fourth-order valence-electron chi connectivity index (χ4n) is 2.64. The summed E-state index contributed by atoms with van der Waals surface area (Å²) in [5, 5.41) is 9.42. The Hall–Kier alpha value is -1.00. The Morgan fingerprint density at radius 3 is 2.59 bits per heavy atom. The molecular formula is C15H18ClN. The zero-order chi connectivity index (χ0) is 12.3. The third-order valence-corrected chi connectivity index (χ3v) is 4.13. The number of hydrogen-bond donors (Lipinski definition) is 0. The number of rotatable bonds is 2. The average Bonchev–Trinajstić information content (AvgIpc) is 2.32. The minimum atomic E-state index is 0.577. The van der Waals surface area contributed by atoms with Crippen molar-refractivity contribution < 1.29 is 0 Å². The van der Waals surface area contributed by atoms with Crippen LogP contribution in [0, 0.1) is 23.2 Å². The molecule has 1 nitrogen and oxygen atoms in total. The van der Waals surface area contributed by atoms with E-state index in [0.29, 0.717) is 10.6 Å². The van der Waals surface area contributed by atoms with Gasteiger partial charge < -0.3 is 0 Å². The average molecular weight is 248 g/mol. The molecule has 0 atom stereocenters. The Bertz CT molecular complexity index is 425. The van der Waals surface area contributed by atoms with E-state index in [1.807, 2.05) is 18.2 Å². The van der Waals surface area contributed by atoms with E-state index in [-0.39, 0.29) is 0 Å². The maximum atomic E-state index is 8.83. The number of hydrogen-bond acceptors (Lipinski definition) is 1. The van der Waals surface area contributed by atoms with Gasteiger partial charge in [0.15, 0.2) is 0 Å². The zero-order valence-corrected chi connectivity index (χ0v) is 11.0. The fourth-order valence-corrected chi connectivity index (χ4v) is 2.89. The van der Waals surface area contributed by atoms with Crippen molar-refractivity contribution in [2.45, 2.75) is 39.0 Å². The molecule has 1 saturated carbocycles. The van der Waals surface area contributed by atoms with Crippen LogP contribution in [0.3, 0.4) is 0 Å². The Labute approximate surface area is 108 Å². The smallest absolute Gasteiger partial charge is 0.101 e. The Morgan fingerprint density at radius 1 is 1.29 bits per heavy atom. The lowest BCUT2D eigenvalue weighted by molar-refractivity contribution is 0.289. The van der Waals surface area contributed by atoms with Crippen LogP contribution >= 0.6 is 11.6 Å². The summed E-state index contributed by atoms with van der Waals surface area (Å²) in [6, 6.07) is 7.94. The maximum absolute atomic E-state index is 8.83. The minimum Gasteiger partial charge on any atom is -0.192 e. The molecule has 0 aromatic heterocycles. The van der Waals surface area contributed by atoms with Crippen LogP contribution in [0.1, 0.15) is 43.7 Å². The van der Waals surface area contributed by atoms with Gasteiger partial charge >= 0.3 is 0 Å². The first-order valence-corrected chi connectivity index (χ1v) is 6.75. The van der Waals surface area contributed by atoms with Crippen molar-refractivity contribution in [3.05, 3.63) is 34.3 Å². The molecular weight excluding hydrogens is 230 g/mol. The van der Waals surface area contributed by atoms with Crippen molar-refractivity contribution in [1.82, 2.24) is 0 Å². The molecule has 1 aliphatic rings. The van der Waals surface area contributed by atoms with E-state index in [2.05, 4.69) is 13.0 Å². The van der Waals surface area contributed by atoms with E-state index in [1.165, 1.54) is 31.2 Å². The highest BCUT2D eigenvalue weighted by molar-refractivity contribution is 6.31. The van der Waals surface area contributed by atoms with Crippen molar-refractivity contribution in [3.63, 3.8) is 0 Å². The van der Waals surface area contributed by atoms with Gasteiger partial charge in [0.05, 0.1) is 10.6 Å². The van der Waals surface area contributed by atoms with Crippen LogP contribution in [0.15, 0.2) is 18.2 Å². The van der Waals surface area contributed by atoms with Crippen LogP contribution in [0.25, 0.3) is 0 Å². The second-order valence-electron chi connectivity index (χ2n) is 5.26. The van der Waals surface area contributed by atoms with Gasteiger partial charge in [-0.1, -0.05) is 37.4 Å². The van der Waals surface area contributed by atoms with Gasteiger partial charge in [0.2, 0.25) is 0 Å². The molecule has 0 aliphatic heterocycles. The Kier molecular flexibility index (Phi) is 4.07. The first-order valence-electron chi connectivity index (χ1n) is 6.37. The van der Waals surface area contributed by atoms with Gasteiger partial charge in [0, 0.05) is 0 Å². The summed E-state index contributed by atoms with van der Waals surface area (Å²) in [5.41, 5.74) is 1.85. The van der Waals surface area contributed by atoms with Gasteiger partial charge in [0.25, 0.3) is 0 Å². The van der Waals surface area contributed by atoms with Crippen LogP contribution in [-0.2, 0) is 6.42 Å². The second-order valence-corrected chi connectivity index (χ2v) is 5.66. The molecule has 0 heterocycles. The first-order chi connectivity index (χ1) is 8.19. The summed E-state index contributed by atoms with van der Waals surface area (Å²) in [6.07, 6.45) is 6.49. The van der Waals surface area contributed by atoms with Crippen molar-refractivity contribution in [2.24, 2.45) is 11.8 Å². The van der Waals surface area contributed by atoms with Crippen molar-refractivity contribution in [2.75, 3.05) is 0 Å². The van der Waals surface area contributed by atoms with Crippen molar-refractivity contribution in [1.29, 1.82) is 5.26 Å². The fraction of sp³-hybridized carbons (Fsp3) is 0.533. The van der Waals surface area contributed by atoms with Crippen LogP contribution in [0.2, 0.25) is 5.02 Å². The Balaban J connectivity index is 2.00. The molecule has 0 unspecified atom stereocenters. The summed E-state index contributed by atoms with van der Waals surface area (Å²) < 4.78 is 0. The lowest BCUT2D eigenvalue weighted by Gasteiger charge is -2.26. The number of nitrogens with zero attached hydrogens (tertiary/aromatic N) is 1. The number of nitriles is 1. The lowest BCUT2D eigenvalue weighted by Crippen LogP contribution is -2.14. The Morgan fingerprint density at radius 2 is 2.00 bits per heavy atom. The molecule has 1 fully saturated rings. The third kappa shape index (κ3) is 3.23. The summed E-state index contributed by atoms with van der Waals surface area (Å²) in [6.45, 7) is 2.34. The first kappa shape index (κ1) is 12.5. The standard InChI is InChI=1S/C15H18ClN/c1-11-2-4-12(5-3-11)8-13-6-7-14(10-17)15(16)9-13/h6-7,9,11-12H,2-5,8H2,1H3. The third-order valence-electron chi connectivity index (χ3n) is 3.81. The lowest BCUT2D eigenvalue weighted by atomic mass is 9.80. The minimum absolute atomic E-state index is 0.577. The van der Waals surface area contributed by atoms with Crippen LogP contribution in [0.4, 0.5) is 0 Å². The van der Waals surface area contributed by atoms with E-state index >= 15 is 0 Å². The van der Waals surface area contributed by atoms with Crippen molar-refractivity contribution >= 4 is 11.6 Å². The largest absolute Gasteiger partial charge is 0.192 e. The summed E-state index contributed by atoms with van der Waals surface area (Å²) in [5.74, 6) is 1.70. The molecule has 2 rings (SSSR count). The SMILES string of the molecule is CC1CCC(Cc2ccc(C#N)c(Cl)c2)CC1. The molecule has 1 aromatic rings. The van der Waals surface area contributed by atoms with E-state index in [0.717, 1.165) is 18.3 Å². The monoisotopic (exact) mass is 247 g/mol. The molecule has 0 saturated heterocycles. The predicted octanol–water partition coefficient (Wildman–Crippen LogP) is 4.58. The topological polar surface area (TPSA) is 23.8 Å². The zero-order valence-electron chi connectivity index (χ0n) is 10.2. The van der Waals surface area contributed by atoms with Gasteiger partial charge in [0.1, 0.15) is 6.07 Å². The quantitative estimate of drug-likeness (QED) is 0.750. The van der Waals surface area contributed by atoms with Crippen molar-refractivity contribution in [3.8, 4) is 6.07 Å². The molecule has 1 aliphatic carbocycles. The molecule has 0 N–H and O–H groups in total. The molecule has 0 spiro atoms. The van der Waals surface area contributed by atoms with E-state index in [4.69, 9.17) is 16.9 Å². The van der Waals surface area contributed by atoms with Gasteiger partial charge in [-0.25, -0.2) is 0 Å². The van der Waals surface area contributed by atoms with Crippen LogP contribution in [-0.4, -0.2) is 0 Å². The van der Waals surface area contributed by atoms with Gasteiger partial charge in [-0.2, -0.15) is 5.26 Å². The van der Waals surface area contributed by atoms with Gasteiger partial charge in [-0.05, 0) is 48.8 Å². The van der Waals surface area contributed by atoms with E-state index in [9.17, 15) is 0 Å². The molecule has 90 valence electrons. The normalized spacial score (nSPS) is 24.3. The second kappa shape index (κ2) is 5.56. The highest BCUT2D eigenvalue weighted by Gasteiger charge is 2.18. The summed E-state index contributed by atoms with van der Waals surface area (Å²) >= 11 is 6.05. The number of benzene rings is 1. The molecule has 0 amide bonds.